The fourth-order valence-corrected chi connectivity index (χ4v) is 2.32. The Morgan fingerprint density at radius 1 is 1.33 bits per heavy atom. The number of halogens is 3. The van der Waals surface area contributed by atoms with Gasteiger partial charge in [0.25, 0.3) is 0 Å². The Morgan fingerprint density at radius 2 is 2.00 bits per heavy atom. The van der Waals surface area contributed by atoms with E-state index in [-0.39, 0.29) is 5.56 Å². The van der Waals surface area contributed by atoms with Gasteiger partial charge in [0.05, 0.1) is 0 Å². The number of alkyl halides is 1. The van der Waals surface area contributed by atoms with Gasteiger partial charge in [0.2, 0.25) is 0 Å². The van der Waals surface area contributed by atoms with Crippen LogP contribution < -0.4 is 5.32 Å². The van der Waals surface area contributed by atoms with E-state index in [4.69, 9.17) is 9.47 Å². The molecule has 1 heterocycles. The number of ketones is 1. The second-order valence-electron chi connectivity index (χ2n) is 6.44. The lowest BCUT2D eigenvalue weighted by Crippen LogP contribution is -2.54. The molecule has 5 nitrogen and oxygen atoms in total. The number of hydrogen-bond acceptors (Lipinski definition) is 4. The molecule has 132 valence electrons. The first-order valence-corrected chi connectivity index (χ1v) is 7.31. The monoisotopic (exact) mass is 345 g/mol. The maximum atomic E-state index is 14.3. The number of hydrogen-bond donors (Lipinski definition) is 1. The van der Waals surface area contributed by atoms with Crippen molar-refractivity contribution in [1.82, 2.24) is 5.32 Å². The van der Waals surface area contributed by atoms with Gasteiger partial charge < -0.3 is 14.8 Å². The van der Waals surface area contributed by atoms with Crippen LogP contribution in [0, 0.1) is 11.6 Å². The molecular weight excluding hydrogens is 327 g/mol. The normalized spacial score (nSPS) is 24.6. The molecule has 0 bridgehead atoms. The van der Waals surface area contributed by atoms with Crippen LogP contribution in [0.2, 0.25) is 0 Å². The average molecular weight is 345 g/mol. The number of rotatable bonds is 2. The van der Waals surface area contributed by atoms with Crippen LogP contribution >= 0.6 is 0 Å². The molecule has 0 spiro atoms. The molecule has 1 aliphatic rings. The predicted molar refractivity (Wildman–Crippen MR) is 78.1 cm³/mol. The van der Waals surface area contributed by atoms with E-state index in [2.05, 4.69) is 5.32 Å². The minimum atomic E-state index is -2.13. The van der Waals surface area contributed by atoms with E-state index < -0.39 is 54.0 Å². The Bertz CT molecular complexity index is 645. The Labute approximate surface area is 137 Å². The van der Waals surface area contributed by atoms with Crippen molar-refractivity contribution < 1.29 is 32.2 Å². The van der Waals surface area contributed by atoms with Gasteiger partial charge in [0.15, 0.2) is 12.0 Å². The number of carbonyl (C=O) groups is 2. The second kappa shape index (κ2) is 6.80. The highest BCUT2D eigenvalue weighted by molar-refractivity contribution is 5.86. The summed E-state index contributed by atoms with van der Waals surface area (Å²) in [5.41, 5.74) is -1.14. The van der Waals surface area contributed by atoms with Crippen LogP contribution in [0.3, 0.4) is 0 Å². The molecule has 0 radical (unpaired) electrons. The Kier molecular flexibility index (Phi) is 5.17. The molecule has 1 N–H and O–H groups in total. The van der Waals surface area contributed by atoms with Crippen molar-refractivity contribution in [3.63, 3.8) is 0 Å². The van der Waals surface area contributed by atoms with Gasteiger partial charge in [-0.1, -0.05) is 0 Å². The van der Waals surface area contributed by atoms with E-state index in [0.29, 0.717) is 0 Å². The van der Waals surface area contributed by atoms with Crippen LogP contribution in [0.25, 0.3) is 0 Å². The second-order valence-corrected chi connectivity index (χ2v) is 6.44. The maximum absolute atomic E-state index is 14.3. The molecule has 24 heavy (non-hydrogen) atoms. The van der Waals surface area contributed by atoms with Crippen molar-refractivity contribution in [1.29, 1.82) is 0 Å². The molecule has 1 amide bonds. The topological polar surface area (TPSA) is 64.6 Å². The molecule has 8 heteroatoms. The van der Waals surface area contributed by atoms with Crippen LogP contribution in [0.5, 0.6) is 0 Å². The summed E-state index contributed by atoms with van der Waals surface area (Å²) in [6, 6.07) is 1.07. The SMILES string of the molecule is CC(C)(C)OC(=O)N[C@@H]1[C@@H](c2cc(F)ccc2F)OCC(=O)[C@@H]1F. The molecule has 0 aliphatic carbocycles. The molecule has 1 aromatic carbocycles. The Balaban J connectivity index is 2.29. The Hall–Kier alpha value is -2.09. The van der Waals surface area contributed by atoms with Crippen LogP contribution in [-0.4, -0.2) is 36.3 Å². The lowest BCUT2D eigenvalue weighted by molar-refractivity contribution is -0.143. The summed E-state index contributed by atoms with van der Waals surface area (Å²) in [6.45, 7) is 4.21. The number of amides is 1. The predicted octanol–water partition coefficient (Wildman–Crippen LogP) is 2.84. The smallest absolute Gasteiger partial charge is 0.408 e. The van der Waals surface area contributed by atoms with Gasteiger partial charge >= 0.3 is 6.09 Å². The van der Waals surface area contributed by atoms with Crippen molar-refractivity contribution in [2.24, 2.45) is 0 Å². The van der Waals surface area contributed by atoms with E-state index in [0.717, 1.165) is 18.2 Å². The fraction of sp³-hybridized carbons (Fsp3) is 0.500. The molecule has 1 fully saturated rings. The Morgan fingerprint density at radius 3 is 2.62 bits per heavy atom. The number of carbonyl (C=O) groups excluding carboxylic acids is 2. The first-order chi connectivity index (χ1) is 11.1. The minimum Gasteiger partial charge on any atom is -0.444 e. The fourth-order valence-electron chi connectivity index (χ4n) is 2.32. The van der Waals surface area contributed by atoms with Gasteiger partial charge in [-0.2, -0.15) is 0 Å². The van der Waals surface area contributed by atoms with Gasteiger partial charge in [0, 0.05) is 5.56 Å². The number of alkyl carbamates (subject to hydrolysis) is 1. The first-order valence-electron chi connectivity index (χ1n) is 7.31. The zero-order chi connectivity index (χ0) is 18.1. The zero-order valence-corrected chi connectivity index (χ0v) is 13.4. The molecule has 1 saturated heterocycles. The maximum Gasteiger partial charge on any atom is 0.408 e. The number of ether oxygens (including phenoxy) is 2. The third-order valence-corrected chi connectivity index (χ3v) is 3.30. The standard InChI is InChI=1S/C16H18F3NO4/c1-16(2,3)24-15(22)20-13-12(19)11(21)7-23-14(13)9-6-8(17)4-5-10(9)18/h4-6,12-14H,7H2,1-3H3,(H,20,22)/t12-,13-,14+/m0/s1. The summed E-state index contributed by atoms with van der Waals surface area (Å²) >= 11 is 0. The van der Waals surface area contributed by atoms with E-state index in [1.807, 2.05) is 0 Å². The summed E-state index contributed by atoms with van der Waals surface area (Å²) in [4.78, 5) is 23.4. The highest BCUT2D eigenvalue weighted by Gasteiger charge is 2.43. The lowest BCUT2D eigenvalue weighted by Gasteiger charge is -2.34. The minimum absolute atomic E-state index is 0.286. The molecule has 0 aromatic heterocycles. The van der Waals surface area contributed by atoms with Gasteiger partial charge in [-0.05, 0) is 39.0 Å². The van der Waals surface area contributed by atoms with E-state index in [1.54, 1.807) is 20.8 Å². The summed E-state index contributed by atoms with van der Waals surface area (Å²) in [5.74, 6) is -2.48. The summed E-state index contributed by atoms with van der Waals surface area (Å²) in [7, 11) is 0. The molecule has 2 rings (SSSR count). The molecule has 0 saturated carbocycles. The van der Waals surface area contributed by atoms with E-state index in [9.17, 15) is 22.8 Å². The van der Waals surface area contributed by atoms with Gasteiger partial charge in [0.1, 0.15) is 36.0 Å². The molecule has 1 aromatic rings. The highest BCUT2D eigenvalue weighted by atomic mass is 19.1. The van der Waals surface area contributed by atoms with Crippen LogP contribution in [0.1, 0.15) is 32.4 Å². The van der Waals surface area contributed by atoms with Crippen LogP contribution in [0.15, 0.2) is 18.2 Å². The number of nitrogens with one attached hydrogen (secondary N) is 1. The first kappa shape index (κ1) is 18.3. The van der Waals surface area contributed by atoms with Crippen molar-refractivity contribution in [3.8, 4) is 0 Å². The lowest BCUT2D eigenvalue weighted by atomic mass is 9.93. The third-order valence-electron chi connectivity index (χ3n) is 3.30. The molecular formula is C16H18F3NO4. The van der Waals surface area contributed by atoms with Crippen molar-refractivity contribution in [3.05, 3.63) is 35.4 Å². The van der Waals surface area contributed by atoms with E-state index >= 15 is 0 Å². The quantitative estimate of drug-likeness (QED) is 0.895. The van der Waals surface area contributed by atoms with E-state index in [1.165, 1.54) is 0 Å². The summed E-state index contributed by atoms with van der Waals surface area (Å²) in [5, 5.41) is 2.18. The molecule has 1 aliphatic heterocycles. The largest absolute Gasteiger partial charge is 0.444 e. The molecule has 3 atom stereocenters. The third kappa shape index (κ3) is 4.25. The summed E-state index contributed by atoms with van der Waals surface area (Å²) in [6.07, 6.45) is -4.48. The summed E-state index contributed by atoms with van der Waals surface area (Å²) < 4.78 is 51.8. The van der Waals surface area contributed by atoms with Gasteiger partial charge in [-0.25, -0.2) is 18.0 Å². The van der Waals surface area contributed by atoms with Crippen molar-refractivity contribution in [2.45, 2.75) is 44.7 Å². The molecule has 0 unspecified atom stereocenters. The van der Waals surface area contributed by atoms with Crippen LogP contribution in [-0.2, 0) is 14.3 Å². The van der Waals surface area contributed by atoms with Crippen molar-refractivity contribution in [2.75, 3.05) is 6.61 Å². The average Bonchev–Trinajstić information content (AvgIpc) is 2.45. The zero-order valence-electron chi connectivity index (χ0n) is 13.4. The van der Waals surface area contributed by atoms with Crippen molar-refractivity contribution >= 4 is 11.9 Å². The number of benzene rings is 1. The van der Waals surface area contributed by atoms with Gasteiger partial charge in [-0.3, -0.25) is 4.79 Å². The van der Waals surface area contributed by atoms with Gasteiger partial charge in [-0.15, -0.1) is 0 Å². The number of Topliss-reactive ketones (excluding diaryl/α,β-unsaturated/α-hetero) is 1. The highest BCUT2D eigenvalue weighted by Crippen LogP contribution is 2.31. The van der Waals surface area contributed by atoms with Crippen LogP contribution in [0.4, 0.5) is 18.0 Å².